The lowest BCUT2D eigenvalue weighted by Gasteiger charge is -2.18. The third-order valence-electron chi connectivity index (χ3n) is 3.86. The molecule has 0 saturated carbocycles. The number of pyridine rings is 1. The molecule has 130 valence electrons. The number of carbonyl (C=O) groups excluding carboxylic acids is 2. The topological polar surface area (TPSA) is 71.1 Å². The Morgan fingerprint density at radius 2 is 1.58 bits per heavy atom. The molecule has 3 aromatic rings. The van der Waals surface area contributed by atoms with E-state index in [-0.39, 0.29) is 11.8 Å². The van der Waals surface area contributed by atoms with Crippen LogP contribution < -0.4 is 10.6 Å². The summed E-state index contributed by atoms with van der Waals surface area (Å²) in [6.07, 6.45) is 3.72. The van der Waals surface area contributed by atoms with Crippen LogP contribution in [0.2, 0.25) is 0 Å². The van der Waals surface area contributed by atoms with Crippen molar-refractivity contribution >= 4 is 17.5 Å². The number of nitrogens with one attached hydrogen (secondary N) is 2. The molecule has 26 heavy (non-hydrogen) atoms. The van der Waals surface area contributed by atoms with Gasteiger partial charge in [-0.3, -0.25) is 14.6 Å². The Labute approximate surface area is 152 Å². The number of amides is 2. The van der Waals surface area contributed by atoms with Gasteiger partial charge in [0.05, 0.1) is 0 Å². The fourth-order valence-corrected chi connectivity index (χ4v) is 2.55. The Morgan fingerprint density at radius 3 is 2.23 bits per heavy atom. The van der Waals surface area contributed by atoms with Crippen LogP contribution >= 0.6 is 0 Å². The minimum Gasteiger partial charge on any atom is -0.340 e. The summed E-state index contributed by atoms with van der Waals surface area (Å²) in [5, 5.41) is 5.67. The number of para-hydroxylation sites is 1. The molecular formula is C21H19N3O2. The Morgan fingerprint density at radius 1 is 0.885 bits per heavy atom. The second-order valence-corrected chi connectivity index (χ2v) is 5.81. The zero-order valence-corrected chi connectivity index (χ0v) is 14.1. The number of rotatable bonds is 6. The molecule has 5 heteroatoms. The van der Waals surface area contributed by atoms with E-state index < -0.39 is 6.04 Å². The van der Waals surface area contributed by atoms with Gasteiger partial charge in [-0.25, -0.2) is 0 Å². The molecule has 2 N–H and O–H groups in total. The van der Waals surface area contributed by atoms with Crippen LogP contribution in [0.25, 0.3) is 0 Å². The Balaban J connectivity index is 1.76. The molecule has 1 atom stereocenters. The molecule has 1 heterocycles. The number of benzene rings is 2. The third kappa shape index (κ3) is 4.77. The predicted octanol–water partition coefficient (Wildman–Crippen LogP) is 3.06. The van der Waals surface area contributed by atoms with Crippen molar-refractivity contribution < 1.29 is 9.59 Å². The fourth-order valence-electron chi connectivity index (χ4n) is 2.55. The Hall–Kier alpha value is -3.47. The van der Waals surface area contributed by atoms with Crippen LogP contribution in [0.5, 0.6) is 0 Å². The molecule has 1 aromatic heterocycles. The van der Waals surface area contributed by atoms with Crippen LogP contribution in [-0.2, 0) is 11.2 Å². The van der Waals surface area contributed by atoms with Crippen LogP contribution in [0.4, 0.5) is 5.69 Å². The van der Waals surface area contributed by atoms with Crippen LogP contribution in [-0.4, -0.2) is 22.8 Å². The van der Waals surface area contributed by atoms with Gasteiger partial charge in [0.25, 0.3) is 5.91 Å². The van der Waals surface area contributed by atoms with Crippen LogP contribution in [0.1, 0.15) is 15.9 Å². The van der Waals surface area contributed by atoms with E-state index in [1.54, 1.807) is 54.9 Å². The monoisotopic (exact) mass is 345 g/mol. The van der Waals surface area contributed by atoms with Gasteiger partial charge >= 0.3 is 0 Å². The quantitative estimate of drug-likeness (QED) is 0.721. The van der Waals surface area contributed by atoms with Gasteiger partial charge in [0.15, 0.2) is 0 Å². The fraction of sp³-hybridized carbons (Fsp3) is 0.0952. The highest BCUT2D eigenvalue weighted by atomic mass is 16.2. The van der Waals surface area contributed by atoms with Gasteiger partial charge in [-0.1, -0.05) is 42.5 Å². The first-order valence-electron chi connectivity index (χ1n) is 8.33. The number of anilines is 1. The number of hydrogen-bond acceptors (Lipinski definition) is 3. The molecule has 2 aromatic carbocycles. The van der Waals surface area contributed by atoms with E-state index in [0.717, 1.165) is 5.56 Å². The second kappa shape index (κ2) is 8.58. The molecule has 1 unspecified atom stereocenters. The van der Waals surface area contributed by atoms with E-state index in [0.29, 0.717) is 17.7 Å². The standard InChI is InChI=1S/C21H19N3O2/c25-20(17-9-3-1-4-10-17)24-19(14-16-8-7-13-22-15-16)21(26)23-18-11-5-2-6-12-18/h1-13,15,19H,14H2,(H,23,26)(H,24,25). The molecule has 0 aliphatic rings. The zero-order valence-electron chi connectivity index (χ0n) is 14.1. The Bertz CT molecular complexity index is 852. The highest BCUT2D eigenvalue weighted by Gasteiger charge is 2.22. The first kappa shape index (κ1) is 17.4. The van der Waals surface area contributed by atoms with Crippen molar-refractivity contribution in [3.63, 3.8) is 0 Å². The maximum atomic E-state index is 12.7. The zero-order chi connectivity index (χ0) is 18.2. The van der Waals surface area contributed by atoms with E-state index in [1.165, 1.54) is 0 Å². The molecule has 0 radical (unpaired) electrons. The smallest absolute Gasteiger partial charge is 0.251 e. The van der Waals surface area contributed by atoms with Crippen molar-refractivity contribution in [3.05, 3.63) is 96.3 Å². The summed E-state index contributed by atoms with van der Waals surface area (Å²) in [5.41, 5.74) is 2.06. The van der Waals surface area contributed by atoms with Gasteiger partial charge in [-0.05, 0) is 35.9 Å². The number of hydrogen-bond donors (Lipinski definition) is 2. The molecule has 0 aliphatic carbocycles. The van der Waals surface area contributed by atoms with Gasteiger partial charge in [0.2, 0.25) is 5.91 Å². The summed E-state index contributed by atoms with van der Waals surface area (Å²) in [5.74, 6) is -0.563. The van der Waals surface area contributed by atoms with Crippen LogP contribution in [0.3, 0.4) is 0 Å². The predicted molar refractivity (Wildman–Crippen MR) is 101 cm³/mol. The van der Waals surface area contributed by atoms with Gasteiger partial charge in [0.1, 0.15) is 6.04 Å². The molecule has 3 rings (SSSR count). The average Bonchev–Trinajstić information content (AvgIpc) is 2.69. The van der Waals surface area contributed by atoms with Crippen molar-refractivity contribution in [1.29, 1.82) is 0 Å². The van der Waals surface area contributed by atoms with E-state index in [4.69, 9.17) is 0 Å². The van der Waals surface area contributed by atoms with E-state index >= 15 is 0 Å². The van der Waals surface area contributed by atoms with Gasteiger partial charge in [-0.2, -0.15) is 0 Å². The van der Waals surface area contributed by atoms with Gasteiger partial charge < -0.3 is 10.6 Å². The highest BCUT2D eigenvalue weighted by molar-refractivity contribution is 6.01. The van der Waals surface area contributed by atoms with Gasteiger partial charge in [-0.15, -0.1) is 0 Å². The SMILES string of the molecule is O=C(NC(Cc1cccnc1)C(=O)Nc1ccccc1)c1ccccc1. The summed E-state index contributed by atoms with van der Waals surface area (Å²) in [6, 6.07) is 21.0. The van der Waals surface area contributed by atoms with Crippen molar-refractivity contribution in [1.82, 2.24) is 10.3 Å². The van der Waals surface area contributed by atoms with E-state index in [1.807, 2.05) is 30.3 Å². The third-order valence-corrected chi connectivity index (χ3v) is 3.86. The van der Waals surface area contributed by atoms with E-state index in [2.05, 4.69) is 15.6 Å². The van der Waals surface area contributed by atoms with Crippen LogP contribution in [0.15, 0.2) is 85.2 Å². The molecule has 0 fully saturated rings. The maximum absolute atomic E-state index is 12.7. The minimum absolute atomic E-state index is 0.274. The first-order chi connectivity index (χ1) is 12.7. The number of nitrogens with zero attached hydrogens (tertiary/aromatic N) is 1. The average molecular weight is 345 g/mol. The molecule has 5 nitrogen and oxygen atoms in total. The lowest BCUT2D eigenvalue weighted by Crippen LogP contribution is -2.45. The molecule has 2 amide bonds. The molecule has 0 aliphatic heterocycles. The van der Waals surface area contributed by atoms with Crippen molar-refractivity contribution in [2.45, 2.75) is 12.5 Å². The van der Waals surface area contributed by atoms with Crippen LogP contribution in [0, 0.1) is 0 Å². The summed E-state index contributed by atoms with van der Waals surface area (Å²) in [4.78, 5) is 29.3. The van der Waals surface area contributed by atoms with Gasteiger partial charge in [0, 0.05) is 30.1 Å². The number of aromatic nitrogens is 1. The van der Waals surface area contributed by atoms with Crippen molar-refractivity contribution in [2.75, 3.05) is 5.32 Å². The largest absolute Gasteiger partial charge is 0.340 e. The lowest BCUT2D eigenvalue weighted by atomic mass is 10.1. The summed E-state index contributed by atoms with van der Waals surface area (Å²) >= 11 is 0. The normalized spacial score (nSPS) is 11.4. The summed E-state index contributed by atoms with van der Waals surface area (Å²) in [6.45, 7) is 0. The molecule has 0 bridgehead atoms. The molecular weight excluding hydrogens is 326 g/mol. The van der Waals surface area contributed by atoms with E-state index in [9.17, 15) is 9.59 Å². The first-order valence-corrected chi connectivity index (χ1v) is 8.33. The molecule has 0 saturated heterocycles. The minimum atomic E-state index is -0.716. The van der Waals surface area contributed by atoms with Crippen molar-refractivity contribution in [2.24, 2.45) is 0 Å². The lowest BCUT2D eigenvalue weighted by molar-refractivity contribution is -0.118. The maximum Gasteiger partial charge on any atom is 0.251 e. The second-order valence-electron chi connectivity index (χ2n) is 5.81. The number of carbonyl (C=O) groups is 2. The Kier molecular flexibility index (Phi) is 5.72. The summed E-state index contributed by atoms with van der Waals surface area (Å²) in [7, 11) is 0. The highest BCUT2D eigenvalue weighted by Crippen LogP contribution is 2.09. The van der Waals surface area contributed by atoms with Crippen molar-refractivity contribution in [3.8, 4) is 0 Å². The summed E-state index contributed by atoms with van der Waals surface area (Å²) < 4.78 is 0. The molecule has 0 spiro atoms.